The highest BCUT2D eigenvalue weighted by Crippen LogP contribution is 2.17. The van der Waals surface area contributed by atoms with E-state index in [-0.39, 0.29) is 11.9 Å². The van der Waals surface area contributed by atoms with Crippen molar-refractivity contribution in [3.63, 3.8) is 0 Å². The van der Waals surface area contributed by atoms with Gasteiger partial charge in [0, 0.05) is 5.69 Å². The molecule has 0 bridgehead atoms. The first-order valence-electron chi connectivity index (χ1n) is 8.64. The Morgan fingerprint density at radius 2 is 1.85 bits per heavy atom. The Kier molecular flexibility index (Phi) is 6.06. The van der Waals surface area contributed by atoms with Crippen LogP contribution in [0.2, 0.25) is 0 Å². The van der Waals surface area contributed by atoms with E-state index >= 15 is 0 Å². The largest absolute Gasteiger partial charge is 0.489 e. The van der Waals surface area contributed by atoms with Gasteiger partial charge in [-0.15, -0.1) is 0 Å². The van der Waals surface area contributed by atoms with Gasteiger partial charge in [-0.1, -0.05) is 30.3 Å². The minimum Gasteiger partial charge on any atom is -0.489 e. The summed E-state index contributed by atoms with van der Waals surface area (Å²) in [6.45, 7) is 3.02. The average molecular weight is 351 g/mol. The number of hydrogen-bond acceptors (Lipinski definition) is 3. The number of amides is 1. The molecule has 26 heavy (non-hydrogen) atoms. The van der Waals surface area contributed by atoms with Crippen LogP contribution in [-0.4, -0.2) is 11.9 Å². The Labute approximate surface area is 153 Å². The SMILES string of the molecule is C[C@H]([NH2+]Cc1ccco1)C(=O)Nc1ccc(OCc2ccccc2)cc1. The predicted molar refractivity (Wildman–Crippen MR) is 99.6 cm³/mol. The molecule has 0 radical (unpaired) electrons. The van der Waals surface area contributed by atoms with Crippen LogP contribution in [0.1, 0.15) is 18.2 Å². The van der Waals surface area contributed by atoms with Gasteiger partial charge in [-0.05, 0) is 48.9 Å². The van der Waals surface area contributed by atoms with Gasteiger partial charge >= 0.3 is 0 Å². The number of carbonyl (C=O) groups excluding carboxylic acids is 1. The number of nitrogens with one attached hydrogen (secondary N) is 1. The molecular weight excluding hydrogens is 328 g/mol. The van der Waals surface area contributed by atoms with Gasteiger partial charge in [0.1, 0.15) is 18.9 Å². The van der Waals surface area contributed by atoms with Crippen LogP contribution in [0.5, 0.6) is 5.75 Å². The molecule has 1 aromatic heterocycles. The number of quaternary nitrogens is 1. The maximum Gasteiger partial charge on any atom is 0.282 e. The summed E-state index contributed by atoms with van der Waals surface area (Å²) < 4.78 is 11.0. The highest BCUT2D eigenvalue weighted by atomic mass is 16.5. The molecule has 3 N–H and O–H groups in total. The van der Waals surface area contributed by atoms with E-state index in [4.69, 9.17) is 9.15 Å². The highest BCUT2D eigenvalue weighted by Gasteiger charge is 2.16. The molecule has 0 spiro atoms. The van der Waals surface area contributed by atoms with Gasteiger partial charge in [0.2, 0.25) is 0 Å². The van der Waals surface area contributed by atoms with Gasteiger partial charge in [-0.25, -0.2) is 0 Å². The Balaban J connectivity index is 1.46. The molecule has 0 fully saturated rings. The number of anilines is 1. The summed E-state index contributed by atoms with van der Waals surface area (Å²) in [5.74, 6) is 1.57. The van der Waals surface area contributed by atoms with Gasteiger partial charge in [-0.3, -0.25) is 4.79 Å². The van der Waals surface area contributed by atoms with E-state index in [1.165, 1.54) is 0 Å². The predicted octanol–water partition coefficient (Wildman–Crippen LogP) is 2.95. The fourth-order valence-electron chi connectivity index (χ4n) is 2.46. The minimum absolute atomic E-state index is 0.0467. The number of nitrogens with two attached hydrogens (primary N) is 1. The summed E-state index contributed by atoms with van der Waals surface area (Å²) in [6.07, 6.45) is 1.63. The number of benzene rings is 2. The van der Waals surface area contributed by atoms with Crippen LogP contribution in [0.4, 0.5) is 5.69 Å². The van der Waals surface area contributed by atoms with Gasteiger partial charge < -0.3 is 19.8 Å². The Hall–Kier alpha value is -3.05. The summed E-state index contributed by atoms with van der Waals surface area (Å²) in [5.41, 5.74) is 1.87. The molecule has 0 unspecified atom stereocenters. The van der Waals surface area contributed by atoms with Crippen molar-refractivity contribution >= 4 is 11.6 Å². The van der Waals surface area contributed by atoms with Crippen molar-refractivity contribution in [3.8, 4) is 5.75 Å². The van der Waals surface area contributed by atoms with Gasteiger partial charge in [0.05, 0.1) is 6.26 Å². The van der Waals surface area contributed by atoms with Crippen molar-refractivity contribution in [1.82, 2.24) is 0 Å². The molecule has 1 atom stereocenters. The Morgan fingerprint density at radius 3 is 2.54 bits per heavy atom. The molecule has 0 aliphatic heterocycles. The molecule has 1 heterocycles. The molecule has 0 aliphatic carbocycles. The monoisotopic (exact) mass is 351 g/mol. The first-order valence-corrected chi connectivity index (χ1v) is 8.64. The van der Waals surface area contributed by atoms with Crippen LogP contribution >= 0.6 is 0 Å². The zero-order valence-corrected chi connectivity index (χ0v) is 14.7. The molecule has 3 rings (SSSR count). The van der Waals surface area contributed by atoms with Crippen LogP contribution in [0, 0.1) is 0 Å². The molecular formula is C21H23N2O3+. The van der Waals surface area contributed by atoms with Crippen LogP contribution in [-0.2, 0) is 17.9 Å². The summed E-state index contributed by atoms with van der Waals surface area (Å²) >= 11 is 0. The van der Waals surface area contributed by atoms with Crippen molar-refractivity contribution in [2.24, 2.45) is 0 Å². The zero-order valence-electron chi connectivity index (χ0n) is 14.7. The van der Waals surface area contributed by atoms with Crippen molar-refractivity contribution in [3.05, 3.63) is 84.3 Å². The van der Waals surface area contributed by atoms with Crippen molar-refractivity contribution in [1.29, 1.82) is 0 Å². The second-order valence-electron chi connectivity index (χ2n) is 6.10. The first-order chi connectivity index (χ1) is 12.7. The smallest absolute Gasteiger partial charge is 0.282 e. The molecule has 2 aromatic carbocycles. The topological polar surface area (TPSA) is 68.1 Å². The summed E-state index contributed by atoms with van der Waals surface area (Å²) in [5, 5.41) is 4.85. The van der Waals surface area contributed by atoms with Crippen molar-refractivity contribution < 1.29 is 19.3 Å². The lowest BCUT2D eigenvalue weighted by Gasteiger charge is -2.11. The molecule has 5 heteroatoms. The zero-order chi connectivity index (χ0) is 18.2. The summed E-state index contributed by atoms with van der Waals surface area (Å²) in [7, 11) is 0. The van der Waals surface area contributed by atoms with E-state index in [9.17, 15) is 4.79 Å². The molecule has 0 saturated carbocycles. The number of hydrogen-bond donors (Lipinski definition) is 2. The van der Waals surface area contributed by atoms with Crippen molar-refractivity contribution in [2.75, 3.05) is 5.32 Å². The molecule has 134 valence electrons. The third kappa shape index (κ3) is 5.22. The summed E-state index contributed by atoms with van der Waals surface area (Å²) in [6, 6.07) is 20.9. The van der Waals surface area contributed by atoms with E-state index in [1.807, 2.05) is 79.0 Å². The molecule has 1 amide bonds. The van der Waals surface area contributed by atoms with Crippen molar-refractivity contribution in [2.45, 2.75) is 26.1 Å². The maximum atomic E-state index is 12.3. The third-order valence-electron chi connectivity index (χ3n) is 4.04. The standard InChI is InChI=1S/C21H22N2O3/c1-16(22-14-20-8-5-13-25-20)21(24)23-18-9-11-19(12-10-18)26-15-17-6-3-2-4-7-17/h2-13,16,22H,14-15H2,1H3,(H,23,24)/p+1/t16-/m0/s1. The van der Waals surface area contributed by atoms with E-state index in [1.54, 1.807) is 6.26 Å². The number of furan rings is 1. The number of carbonyl (C=O) groups is 1. The minimum atomic E-state index is -0.214. The van der Waals surface area contributed by atoms with E-state index in [0.29, 0.717) is 13.2 Å². The molecule has 0 aliphatic rings. The summed E-state index contributed by atoms with van der Waals surface area (Å²) in [4.78, 5) is 12.3. The van der Waals surface area contributed by atoms with Gasteiger partial charge in [-0.2, -0.15) is 0 Å². The van der Waals surface area contributed by atoms with Gasteiger partial charge in [0.15, 0.2) is 11.8 Å². The second-order valence-corrected chi connectivity index (χ2v) is 6.10. The Morgan fingerprint density at radius 1 is 1.08 bits per heavy atom. The van der Waals surface area contributed by atoms with Crippen LogP contribution in [0.15, 0.2) is 77.4 Å². The van der Waals surface area contributed by atoms with Gasteiger partial charge in [0.25, 0.3) is 5.91 Å². The van der Waals surface area contributed by atoms with Crippen LogP contribution < -0.4 is 15.4 Å². The highest BCUT2D eigenvalue weighted by molar-refractivity contribution is 5.93. The number of ether oxygens (including phenoxy) is 1. The normalized spacial score (nSPS) is 11.7. The lowest BCUT2D eigenvalue weighted by molar-refractivity contribution is -0.690. The lowest BCUT2D eigenvalue weighted by Crippen LogP contribution is -2.90. The van der Waals surface area contributed by atoms with E-state index in [2.05, 4.69) is 5.32 Å². The average Bonchev–Trinajstić information content (AvgIpc) is 3.20. The number of rotatable bonds is 8. The lowest BCUT2D eigenvalue weighted by atomic mass is 10.2. The Bertz CT molecular complexity index is 799. The molecule has 3 aromatic rings. The second kappa shape index (κ2) is 8.87. The molecule has 5 nitrogen and oxygen atoms in total. The van der Waals surface area contributed by atoms with E-state index in [0.717, 1.165) is 22.8 Å². The van der Waals surface area contributed by atoms with E-state index < -0.39 is 0 Å². The third-order valence-corrected chi connectivity index (χ3v) is 4.04. The fourth-order valence-corrected chi connectivity index (χ4v) is 2.46. The fraction of sp³-hybridized carbons (Fsp3) is 0.190. The maximum absolute atomic E-state index is 12.3. The molecule has 0 saturated heterocycles. The quantitative estimate of drug-likeness (QED) is 0.656. The van der Waals surface area contributed by atoms with Crippen LogP contribution in [0.25, 0.3) is 0 Å². The van der Waals surface area contributed by atoms with Crippen LogP contribution in [0.3, 0.4) is 0 Å². The first kappa shape index (κ1) is 17.8.